The first kappa shape index (κ1) is 22.8. The molecule has 0 heterocycles. The summed E-state index contributed by atoms with van der Waals surface area (Å²) in [6.07, 6.45) is 0. The molecule has 164 valence electrons. The number of benzene rings is 4. The summed E-state index contributed by atoms with van der Waals surface area (Å²) in [5, 5.41) is 7.11. The molecule has 1 N–H and O–H groups in total. The van der Waals surface area contributed by atoms with Crippen molar-refractivity contribution in [3.63, 3.8) is 0 Å². The maximum atomic E-state index is 6.29. The summed E-state index contributed by atoms with van der Waals surface area (Å²) in [5.41, 5.74) is 3.02. The molecule has 0 spiro atoms. The van der Waals surface area contributed by atoms with Gasteiger partial charge in [-0.25, -0.2) is 0 Å². The van der Waals surface area contributed by atoms with E-state index in [1.807, 2.05) is 31.2 Å². The molecule has 6 heteroatoms. The van der Waals surface area contributed by atoms with Crippen LogP contribution in [0.2, 0.25) is 10.0 Å². The van der Waals surface area contributed by atoms with Crippen molar-refractivity contribution in [3.05, 3.63) is 98.4 Å². The molecule has 4 rings (SSSR count). The van der Waals surface area contributed by atoms with E-state index in [0.29, 0.717) is 41.3 Å². The maximum Gasteiger partial charge on any atom is 0.175 e. The van der Waals surface area contributed by atoms with Gasteiger partial charge in [-0.2, -0.15) is 0 Å². The zero-order chi connectivity index (χ0) is 22.5. The minimum absolute atomic E-state index is 0.308. The SMILES string of the molecule is CCOc1cc(CNc2cccc3ccccc23)cc(Br)c1OCc1ccc(Cl)cc1Cl. The Balaban J connectivity index is 1.54. The van der Waals surface area contributed by atoms with E-state index in [1.54, 1.807) is 12.1 Å². The van der Waals surface area contributed by atoms with E-state index in [2.05, 4.69) is 57.6 Å². The van der Waals surface area contributed by atoms with E-state index in [0.717, 1.165) is 21.3 Å². The molecule has 0 atom stereocenters. The Bertz CT molecular complexity index is 1240. The molecule has 0 aliphatic rings. The quantitative estimate of drug-likeness (QED) is 0.247. The molecule has 0 aromatic heterocycles. The van der Waals surface area contributed by atoms with Gasteiger partial charge in [-0.15, -0.1) is 0 Å². The summed E-state index contributed by atoms with van der Waals surface area (Å²) < 4.78 is 12.8. The van der Waals surface area contributed by atoms with Gasteiger partial charge < -0.3 is 14.8 Å². The third-order valence-corrected chi connectivity index (χ3v) is 6.20. The Morgan fingerprint density at radius 1 is 0.906 bits per heavy atom. The van der Waals surface area contributed by atoms with E-state index < -0.39 is 0 Å². The Morgan fingerprint density at radius 2 is 1.72 bits per heavy atom. The van der Waals surface area contributed by atoms with Crippen LogP contribution in [0.4, 0.5) is 5.69 Å². The third kappa shape index (κ3) is 5.32. The minimum Gasteiger partial charge on any atom is -0.490 e. The third-order valence-electron chi connectivity index (χ3n) is 5.03. The molecular weight excluding hydrogens is 509 g/mol. The summed E-state index contributed by atoms with van der Waals surface area (Å²) in [6.45, 7) is 3.44. The lowest BCUT2D eigenvalue weighted by atomic mass is 10.1. The van der Waals surface area contributed by atoms with Crippen molar-refractivity contribution in [1.29, 1.82) is 0 Å². The normalized spacial score (nSPS) is 10.9. The van der Waals surface area contributed by atoms with E-state index in [4.69, 9.17) is 32.7 Å². The van der Waals surface area contributed by atoms with Crippen molar-refractivity contribution in [2.24, 2.45) is 0 Å². The largest absolute Gasteiger partial charge is 0.490 e. The number of fused-ring (bicyclic) bond motifs is 1. The number of ether oxygens (including phenoxy) is 2. The van der Waals surface area contributed by atoms with Gasteiger partial charge in [0.25, 0.3) is 0 Å². The van der Waals surface area contributed by atoms with E-state index >= 15 is 0 Å². The van der Waals surface area contributed by atoms with Crippen molar-refractivity contribution in [3.8, 4) is 11.5 Å². The molecular formula is C26H22BrCl2NO2. The van der Waals surface area contributed by atoms with Gasteiger partial charge in [0, 0.05) is 33.2 Å². The van der Waals surface area contributed by atoms with Crippen molar-refractivity contribution in [1.82, 2.24) is 0 Å². The van der Waals surface area contributed by atoms with Gasteiger partial charge in [0.1, 0.15) is 6.61 Å². The fourth-order valence-corrected chi connectivity index (χ4v) is 4.56. The van der Waals surface area contributed by atoms with Gasteiger partial charge in [0.05, 0.1) is 11.1 Å². The van der Waals surface area contributed by atoms with Crippen LogP contribution in [0.25, 0.3) is 10.8 Å². The smallest absolute Gasteiger partial charge is 0.175 e. The van der Waals surface area contributed by atoms with Crippen molar-refractivity contribution < 1.29 is 9.47 Å². The Labute approximate surface area is 206 Å². The zero-order valence-corrected chi connectivity index (χ0v) is 20.6. The highest BCUT2D eigenvalue weighted by Gasteiger charge is 2.14. The average Bonchev–Trinajstić information content (AvgIpc) is 2.78. The summed E-state index contributed by atoms with van der Waals surface area (Å²) in [4.78, 5) is 0. The highest BCUT2D eigenvalue weighted by atomic mass is 79.9. The Hall–Kier alpha value is -2.40. The molecule has 0 bridgehead atoms. The zero-order valence-electron chi connectivity index (χ0n) is 17.5. The van der Waals surface area contributed by atoms with Crippen LogP contribution in [0, 0.1) is 0 Å². The molecule has 32 heavy (non-hydrogen) atoms. The van der Waals surface area contributed by atoms with Crippen LogP contribution in [-0.4, -0.2) is 6.61 Å². The molecule has 0 aliphatic carbocycles. The van der Waals surface area contributed by atoms with Gasteiger partial charge >= 0.3 is 0 Å². The van der Waals surface area contributed by atoms with Crippen LogP contribution in [0.15, 0.2) is 77.3 Å². The predicted octanol–water partition coefficient (Wildman–Crippen LogP) is 8.50. The second kappa shape index (κ2) is 10.5. The summed E-state index contributed by atoms with van der Waals surface area (Å²) in [6, 6.07) is 24.0. The van der Waals surface area contributed by atoms with Gasteiger partial charge in [0.15, 0.2) is 11.5 Å². The molecule has 0 amide bonds. The number of anilines is 1. The first-order valence-electron chi connectivity index (χ1n) is 10.3. The maximum absolute atomic E-state index is 6.29. The van der Waals surface area contributed by atoms with Crippen LogP contribution >= 0.6 is 39.1 Å². The van der Waals surface area contributed by atoms with Crippen LogP contribution in [0.1, 0.15) is 18.1 Å². The molecule has 0 aliphatic heterocycles. The summed E-state index contributed by atoms with van der Waals surface area (Å²) in [7, 11) is 0. The predicted molar refractivity (Wildman–Crippen MR) is 137 cm³/mol. The standard InChI is InChI=1S/C26H22BrCl2NO2/c1-2-31-25-13-17(15-30-24-9-5-7-18-6-3-4-8-21(18)24)12-22(27)26(25)32-16-19-10-11-20(28)14-23(19)29/h3-14,30H,2,15-16H2,1H3. The monoisotopic (exact) mass is 529 g/mol. The summed E-state index contributed by atoms with van der Waals surface area (Å²) >= 11 is 15.9. The number of hydrogen-bond acceptors (Lipinski definition) is 3. The number of rotatable bonds is 8. The van der Waals surface area contributed by atoms with E-state index in [9.17, 15) is 0 Å². The number of nitrogens with one attached hydrogen (secondary N) is 1. The van der Waals surface area contributed by atoms with Gasteiger partial charge in [0.2, 0.25) is 0 Å². The first-order valence-corrected chi connectivity index (χ1v) is 11.8. The lowest BCUT2D eigenvalue weighted by molar-refractivity contribution is 0.267. The van der Waals surface area contributed by atoms with E-state index in [1.165, 1.54) is 10.8 Å². The van der Waals surface area contributed by atoms with Gasteiger partial charge in [-0.3, -0.25) is 0 Å². The number of hydrogen-bond donors (Lipinski definition) is 1. The lowest BCUT2D eigenvalue weighted by Gasteiger charge is -2.17. The second-order valence-electron chi connectivity index (χ2n) is 7.24. The van der Waals surface area contributed by atoms with Crippen LogP contribution in [-0.2, 0) is 13.2 Å². The molecule has 4 aromatic carbocycles. The fraction of sp³-hybridized carbons (Fsp3) is 0.154. The topological polar surface area (TPSA) is 30.5 Å². The highest BCUT2D eigenvalue weighted by Crippen LogP contribution is 2.38. The molecule has 3 nitrogen and oxygen atoms in total. The summed E-state index contributed by atoms with van der Waals surface area (Å²) in [5.74, 6) is 1.33. The van der Waals surface area contributed by atoms with Crippen molar-refractivity contribution >= 4 is 55.6 Å². The molecule has 0 unspecified atom stereocenters. The van der Waals surface area contributed by atoms with Crippen molar-refractivity contribution in [2.75, 3.05) is 11.9 Å². The van der Waals surface area contributed by atoms with Gasteiger partial charge in [-0.05, 0) is 64.1 Å². The van der Waals surface area contributed by atoms with Crippen molar-refractivity contribution in [2.45, 2.75) is 20.1 Å². The highest BCUT2D eigenvalue weighted by molar-refractivity contribution is 9.10. The minimum atomic E-state index is 0.308. The van der Waals surface area contributed by atoms with E-state index in [-0.39, 0.29) is 0 Å². The first-order chi connectivity index (χ1) is 15.5. The Morgan fingerprint density at radius 3 is 2.53 bits per heavy atom. The molecule has 4 aromatic rings. The van der Waals surface area contributed by atoms with Crippen LogP contribution in [0.3, 0.4) is 0 Å². The molecule has 0 saturated carbocycles. The lowest BCUT2D eigenvalue weighted by Crippen LogP contribution is -2.04. The average molecular weight is 531 g/mol. The Kier molecular flexibility index (Phi) is 7.46. The number of halogens is 3. The van der Waals surface area contributed by atoms with Gasteiger partial charge in [-0.1, -0.05) is 65.7 Å². The molecule has 0 fully saturated rings. The fourth-order valence-electron chi connectivity index (χ4n) is 3.49. The molecule has 0 radical (unpaired) electrons. The van der Waals surface area contributed by atoms with Crippen LogP contribution < -0.4 is 14.8 Å². The molecule has 0 saturated heterocycles. The second-order valence-corrected chi connectivity index (χ2v) is 8.94. The van der Waals surface area contributed by atoms with Crippen LogP contribution in [0.5, 0.6) is 11.5 Å².